The Bertz CT molecular complexity index is 179. The monoisotopic (exact) mass is 274 g/mol. The zero-order chi connectivity index (χ0) is 14.8. The van der Waals surface area contributed by atoms with Crippen LogP contribution in [-0.2, 0) is 14.2 Å². The Kier molecular flexibility index (Phi) is 9.67. The second kappa shape index (κ2) is 9.73. The van der Waals surface area contributed by atoms with Gasteiger partial charge in [-0.05, 0) is 39.0 Å². The predicted octanol–water partition coefficient (Wildman–Crippen LogP) is 4.05. The van der Waals surface area contributed by atoms with Crippen molar-refractivity contribution in [2.75, 3.05) is 33.0 Å². The predicted molar refractivity (Wildman–Crippen MR) is 80.6 cm³/mol. The lowest BCUT2D eigenvalue weighted by Crippen LogP contribution is -2.22. The van der Waals surface area contributed by atoms with Crippen molar-refractivity contribution < 1.29 is 14.2 Å². The highest BCUT2D eigenvalue weighted by Crippen LogP contribution is 2.21. The molecule has 0 unspecified atom stereocenters. The number of rotatable bonds is 10. The first kappa shape index (κ1) is 18.9. The van der Waals surface area contributed by atoms with Crippen molar-refractivity contribution in [2.45, 2.75) is 66.4 Å². The molecule has 0 rings (SSSR count). The van der Waals surface area contributed by atoms with Gasteiger partial charge in [0.15, 0.2) is 0 Å². The first-order valence-electron chi connectivity index (χ1n) is 7.50. The number of ether oxygens (including phenoxy) is 3. The van der Waals surface area contributed by atoms with Crippen molar-refractivity contribution in [3.05, 3.63) is 0 Å². The average molecular weight is 274 g/mol. The molecule has 0 bridgehead atoms. The van der Waals surface area contributed by atoms with Crippen LogP contribution in [0.1, 0.15) is 60.8 Å². The third-order valence-electron chi connectivity index (χ3n) is 2.60. The Morgan fingerprint density at radius 3 is 1.68 bits per heavy atom. The van der Waals surface area contributed by atoms with E-state index in [0.29, 0.717) is 31.8 Å². The van der Waals surface area contributed by atoms with Gasteiger partial charge in [-0.15, -0.1) is 0 Å². The van der Waals surface area contributed by atoms with Gasteiger partial charge in [-0.25, -0.2) is 0 Å². The highest BCUT2D eigenvalue weighted by Gasteiger charge is 2.09. The minimum absolute atomic E-state index is 0.0765. The number of hydrogen-bond donors (Lipinski definition) is 0. The van der Waals surface area contributed by atoms with Crippen LogP contribution in [0.2, 0.25) is 0 Å². The van der Waals surface area contributed by atoms with Crippen LogP contribution in [0.15, 0.2) is 0 Å². The zero-order valence-electron chi connectivity index (χ0n) is 13.9. The topological polar surface area (TPSA) is 27.7 Å². The molecule has 0 saturated heterocycles. The third-order valence-corrected chi connectivity index (χ3v) is 2.60. The summed E-state index contributed by atoms with van der Waals surface area (Å²) >= 11 is 0. The number of hydrogen-bond acceptors (Lipinski definition) is 3. The van der Waals surface area contributed by atoms with Gasteiger partial charge in [0.2, 0.25) is 0 Å². The SMILES string of the molecule is CC(C)(C)CCCCOCCOCCOC(C)(C)C. The summed E-state index contributed by atoms with van der Waals surface area (Å²) in [5.74, 6) is 0. The highest BCUT2D eigenvalue weighted by atomic mass is 16.5. The first-order valence-corrected chi connectivity index (χ1v) is 7.50. The Hall–Kier alpha value is -0.120. The lowest BCUT2D eigenvalue weighted by molar-refractivity contribution is -0.0425. The molecular formula is C16H34O3. The molecule has 0 N–H and O–H groups in total. The number of unbranched alkanes of at least 4 members (excludes halogenated alkanes) is 1. The van der Waals surface area contributed by atoms with E-state index in [4.69, 9.17) is 14.2 Å². The van der Waals surface area contributed by atoms with Crippen LogP contribution in [0.4, 0.5) is 0 Å². The lowest BCUT2D eigenvalue weighted by atomic mass is 9.90. The quantitative estimate of drug-likeness (QED) is 0.562. The van der Waals surface area contributed by atoms with E-state index < -0.39 is 0 Å². The maximum Gasteiger partial charge on any atom is 0.0707 e. The third kappa shape index (κ3) is 17.9. The average Bonchev–Trinajstić information content (AvgIpc) is 2.22. The molecule has 19 heavy (non-hydrogen) atoms. The summed E-state index contributed by atoms with van der Waals surface area (Å²) < 4.78 is 16.5. The van der Waals surface area contributed by atoms with Gasteiger partial charge in [-0.3, -0.25) is 0 Å². The lowest BCUT2D eigenvalue weighted by Gasteiger charge is -2.19. The molecule has 0 spiro atoms. The second-order valence-electron chi connectivity index (χ2n) is 7.20. The molecule has 0 atom stereocenters. The summed E-state index contributed by atoms with van der Waals surface area (Å²) in [4.78, 5) is 0. The molecule has 0 aliphatic heterocycles. The molecule has 0 radical (unpaired) electrons. The van der Waals surface area contributed by atoms with Gasteiger partial charge in [-0.1, -0.05) is 27.2 Å². The van der Waals surface area contributed by atoms with E-state index in [-0.39, 0.29) is 5.60 Å². The Labute approximate surface area is 120 Å². The van der Waals surface area contributed by atoms with Crippen LogP contribution < -0.4 is 0 Å². The summed E-state index contributed by atoms with van der Waals surface area (Å²) in [6.45, 7) is 16.5. The normalized spacial score (nSPS) is 12.9. The molecule has 0 aliphatic carbocycles. The summed E-state index contributed by atoms with van der Waals surface area (Å²) in [6, 6.07) is 0. The van der Waals surface area contributed by atoms with Gasteiger partial charge in [-0.2, -0.15) is 0 Å². The van der Waals surface area contributed by atoms with Crippen molar-refractivity contribution >= 4 is 0 Å². The minimum atomic E-state index is -0.0765. The van der Waals surface area contributed by atoms with E-state index in [1.165, 1.54) is 12.8 Å². The summed E-state index contributed by atoms with van der Waals surface area (Å²) in [5, 5.41) is 0. The second-order valence-corrected chi connectivity index (χ2v) is 7.20. The van der Waals surface area contributed by atoms with E-state index in [9.17, 15) is 0 Å². The molecule has 3 nitrogen and oxygen atoms in total. The molecule has 0 aromatic heterocycles. The van der Waals surface area contributed by atoms with Crippen LogP contribution in [0, 0.1) is 5.41 Å². The van der Waals surface area contributed by atoms with Crippen molar-refractivity contribution in [1.29, 1.82) is 0 Å². The van der Waals surface area contributed by atoms with E-state index in [1.807, 2.05) is 20.8 Å². The highest BCUT2D eigenvalue weighted by molar-refractivity contribution is 4.60. The van der Waals surface area contributed by atoms with Crippen LogP contribution in [0.25, 0.3) is 0 Å². The Balaban J connectivity index is 3.12. The van der Waals surface area contributed by atoms with Gasteiger partial charge in [0.1, 0.15) is 0 Å². The molecule has 0 fully saturated rings. The van der Waals surface area contributed by atoms with Crippen molar-refractivity contribution in [2.24, 2.45) is 5.41 Å². The smallest absolute Gasteiger partial charge is 0.0707 e. The van der Waals surface area contributed by atoms with Crippen LogP contribution in [0.5, 0.6) is 0 Å². The van der Waals surface area contributed by atoms with Crippen LogP contribution in [-0.4, -0.2) is 38.6 Å². The summed E-state index contributed by atoms with van der Waals surface area (Å²) in [7, 11) is 0. The largest absolute Gasteiger partial charge is 0.379 e. The minimum Gasteiger partial charge on any atom is -0.379 e. The molecule has 3 heteroatoms. The zero-order valence-corrected chi connectivity index (χ0v) is 13.9. The Morgan fingerprint density at radius 1 is 0.632 bits per heavy atom. The van der Waals surface area contributed by atoms with Crippen LogP contribution in [0.3, 0.4) is 0 Å². The van der Waals surface area contributed by atoms with E-state index in [0.717, 1.165) is 13.0 Å². The van der Waals surface area contributed by atoms with Gasteiger partial charge in [0.25, 0.3) is 0 Å². The molecular weight excluding hydrogens is 240 g/mol. The van der Waals surface area contributed by atoms with E-state index in [1.54, 1.807) is 0 Å². The van der Waals surface area contributed by atoms with Crippen molar-refractivity contribution in [1.82, 2.24) is 0 Å². The maximum atomic E-state index is 5.56. The molecule has 0 aromatic rings. The standard InChI is InChI=1S/C16H34O3/c1-15(2,3)9-7-8-10-17-11-12-18-13-14-19-16(4,5)6/h7-14H2,1-6H3. The van der Waals surface area contributed by atoms with Gasteiger partial charge >= 0.3 is 0 Å². The Morgan fingerprint density at radius 2 is 1.16 bits per heavy atom. The van der Waals surface area contributed by atoms with Crippen LogP contribution >= 0.6 is 0 Å². The van der Waals surface area contributed by atoms with Gasteiger partial charge in [0.05, 0.1) is 32.0 Å². The van der Waals surface area contributed by atoms with Gasteiger partial charge in [0, 0.05) is 6.61 Å². The fourth-order valence-electron chi connectivity index (χ4n) is 1.59. The summed E-state index contributed by atoms with van der Waals surface area (Å²) in [5.41, 5.74) is 0.364. The first-order chi connectivity index (χ1) is 8.71. The molecule has 0 amide bonds. The molecule has 0 saturated carbocycles. The van der Waals surface area contributed by atoms with E-state index in [2.05, 4.69) is 20.8 Å². The summed E-state index contributed by atoms with van der Waals surface area (Å²) in [6.07, 6.45) is 3.64. The fourth-order valence-corrected chi connectivity index (χ4v) is 1.59. The molecule has 0 aromatic carbocycles. The fraction of sp³-hybridized carbons (Fsp3) is 1.00. The molecule has 116 valence electrons. The molecule has 0 aliphatic rings. The van der Waals surface area contributed by atoms with E-state index >= 15 is 0 Å². The molecule has 0 heterocycles. The van der Waals surface area contributed by atoms with Crippen molar-refractivity contribution in [3.8, 4) is 0 Å². The maximum absolute atomic E-state index is 5.56. The van der Waals surface area contributed by atoms with Crippen molar-refractivity contribution in [3.63, 3.8) is 0 Å². The van der Waals surface area contributed by atoms with Gasteiger partial charge < -0.3 is 14.2 Å².